The van der Waals surface area contributed by atoms with Gasteiger partial charge < -0.3 is 10.2 Å². The van der Waals surface area contributed by atoms with Crippen LogP contribution in [0.25, 0.3) is 0 Å². The summed E-state index contributed by atoms with van der Waals surface area (Å²) >= 11 is 0. The molecule has 2 fully saturated rings. The Bertz CT molecular complexity index is 456. The molecule has 0 saturated carbocycles. The maximum atomic E-state index is 13.1. The van der Waals surface area contributed by atoms with Gasteiger partial charge in [0.2, 0.25) is 0 Å². The van der Waals surface area contributed by atoms with Crippen molar-refractivity contribution in [2.75, 3.05) is 32.7 Å². The number of alkyl halides is 3. The fourth-order valence-corrected chi connectivity index (χ4v) is 3.85. The van der Waals surface area contributed by atoms with Crippen molar-refractivity contribution in [2.24, 2.45) is 11.3 Å². The normalized spacial score (nSPS) is 26.2. The van der Waals surface area contributed by atoms with Crippen LogP contribution in [0.5, 0.6) is 0 Å². The van der Waals surface area contributed by atoms with E-state index in [0.717, 1.165) is 32.5 Å². The predicted molar refractivity (Wildman–Crippen MR) is 87.7 cm³/mol. The highest BCUT2D eigenvalue weighted by molar-refractivity contribution is 5.74. The number of nitrogens with zero attached hydrogens (tertiary/aromatic N) is 2. The molecule has 0 bridgehead atoms. The van der Waals surface area contributed by atoms with E-state index >= 15 is 0 Å². The van der Waals surface area contributed by atoms with Crippen molar-refractivity contribution in [1.29, 1.82) is 0 Å². The van der Waals surface area contributed by atoms with Crippen LogP contribution in [0.1, 0.15) is 33.1 Å². The Morgan fingerprint density at radius 3 is 2.38 bits per heavy atom. The Hall–Kier alpha value is -1.24. The summed E-state index contributed by atoms with van der Waals surface area (Å²) in [6, 6.07) is -0.132. The lowest BCUT2D eigenvalue weighted by molar-refractivity contribution is -0.214. The molecule has 2 rings (SSSR count). The predicted octanol–water partition coefficient (Wildman–Crippen LogP) is 3.26. The highest BCUT2D eigenvalue weighted by Crippen LogP contribution is 2.45. The van der Waals surface area contributed by atoms with Gasteiger partial charge in [-0.05, 0) is 24.7 Å². The van der Waals surface area contributed by atoms with Crippen LogP contribution in [0, 0.1) is 11.3 Å². The van der Waals surface area contributed by atoms with Crippen LogP contribution in [0.15, 0.2) is 12.7 Å². The van der Waals surface area contributed by atoms with E-state index in [4.69, 9.17) is 0 Å². The molecule has 138 valence electrons. The van der Waals surface area contributed by atoms with E-state index in [1.54, 1.807) is 18.7 Å². The maximum Gasteiger partial charge on any atom is 0.392 e. The van der Waals surface area contributed by atoms with E-state index in [2.05, 4.69) is 16.8 Å². The van der Waals surface area contributed by atoms with Gasteiger partial charge in [0.05, 0.1) is 5.92 Å². The van der Waals surface area contributed by atoms with Crippen LogP contribution in [0.2, 0.25) is 0 Å². The van der Waals surface area contributed by atoms with Crippen molar-refractivity contribution < 1.29 is 18.0 Å². The summed E-state index contributed by atoms with van der Waals surface area (Å²) < 4.78 is 39.3. The second-order valence-electron chi connectivity index (χ2n) is 7.61. The third-order valence-electron chi connectivity index (χ3n) is 5.21. The van der Waals surface area contributed by atoms with Crippen LogP contribution in [-0.4, -0.2) is 60.8 Å². The topological polar surface area (TPSA) is 35.6 Å². The summed E-state index contributed by atoms with van der Waals surface area (Å²) in [5.74, 6) is -1.35. The molecule has 0 radical (unpaired) electrons. The quantitative estimate of drug-likeness (QED) is 0.796. The van der Waals surface area contributed by atoms with Gasteiger partial charge >= 0.3 is 12.2 Å². The van der Waals surface area contributed by atoms with Gasteiger partial charge in [-0.1, -0.05) is 19.9 Å². The zero-order valence-electron chi connectivity index (χ0n) is 14.5. The molecule has 2 heterocycles. The smallest absolute Gasteiger partial charge is 0.335 e. The summed E-state index contributed by atoms with van der Waals surface area (Å²) in [7, 11) is 0. The summed E-state index contributed by atoms with van der Waals surface area (Å²) in [5, 5.41) is 3.00. The summed E-state index contributed by atoms with van der Waals surface area (Å²) in [4.78, 5) is 16.2. The van der Waals surface area contributed by atoms with Gasteiger partial charge in [-0.15, -0.1) is 6.58 Å². The molecule has 4 nitrogen and oxygen atoms in total. The van der Waals surface area contributed by atoms with Crippen LogP contribution in [-0.2, 0) is 0 Å². The van der Waals surface area contributed by atoms with Gasteiger partial charge in [-0.2, -0.15) is 13.2 Å². The molecule has 2 aliphatic heterocycles. The molecule has 0 aromatic carbocycles. The molecule has 2 aliphatic rings. The van der Waals surface area contributed by atoms with Crippen LogP contribution in [0.3, 0.4) is 0 Å². The lowest BCUT2D eigenvalue weighted by atomic mass is 9.73. The second kappa shape index (κ2) is 7.33. The first-order valence-corrected chi connectivity index (χ1v) is 8.59. The largest absolute Gasteiger partial charge is 0.392 e. The molecule has 2 saturated heterocycles. The first-order valence-electron chi connectivity index (χ1n) is 8.59. The summed E-state index contributed by atoms with van der Waals surface area (Å²) in [6.45, 7) is 9.86. The van der Waals surface area contributed by atoms with Crippen LogP contribution >= 0.6 is 0 Å². The number of hydrogen-bond donors (Lipinski definition) is 1. The zero-order chi connectivity index (χ0) is 18.0. The number of halogens is 3. The van der Waals surface area contributed by atoms with Crippen molar-refractivity contribution >= 4 is 6.03 Å². The summed E-state index contributed by atoms with van der Waals surface area (Å²) in [5.41, 5.74) is -0.957. The van der Waals surface area contributed by atoms with Crippen LogP contribution < -0.4 is 5.32 Å². The van der Waals surface area contributed by atoms with Gasteiger partial charge in [-0.3, -0.25) is 4.90 Å². The summed E-state index contributed by atoms with van der Waals surface area (Å²) in [6.07, 6.45) is -0.637. The minimum absolute atomic E-state index is 0.0261. The number of hydrogen-bond acceptors (Lipinski definition) is 2. The van der Waals surface area contributed by atoms with Gasteiger partial charge in [-0.25, -0.2) is 4.79 Å². The Kier molecular flexibility index (Phi) is 5.83. The van der Waals surface area contributed by atoms with Gasteiger partial charge in [0.15, 0.2) is 0 Å². The van der Waals surface area contributed by atoms with Crippen molar-refractivity contribution in [3.8, 4) is 0 Å². The highest BCUT2D eigenvalue weighted by atomic mass is 19.4. The minimum atomic E-state index is -4.20. The van der Waals surface area contributed by atoms with E-state index in [9.17, 15) is 18.0 Å². The molecular formula is C17H28F3N3O. The number of urea groups is 1. The Morgan fingerprint density at radius 1 is 1.25 bits per heavy atom. The number of nitrogens with one attached hydrogen (secondary N) is 1. The van der Waals surface area contributed by atoms with E-state index < -0.39 is 17.5 Å². The Labute approximate surface area is 142 Å². The van der Waals surface area contributed by atoms with Crippen molar-refractivity contribution in [3.63, 3.8) is 0 Å². The SMILES string of the molecule is C=CCN1CCC(NC(=O)N2CCC(C(F)(F)F)C(C)(C)C2)CC1. The number of piperidine rings is 2. The van der Waals surface area contributed by atoms with Crippen molar-refractivity contribution in [1.82, 2.24) is 15.1 Å². The third-order valence-corrected chi connectivity index (χ3v) is 5.21. The molecule has 2 amide bonds. The van der Waals surface area contributed by atoms with Gasteiger partial charge in [0.25, 0.3) is 0 Å². The fourth-order valence-electron chi connectivity index (χ4n) is 3.85. The molecule has 1 unspecified atom stereocenters. The van der Waals surface area contributed by atoms with E-state index in [1.165, 1.54) is 0 Å². The number of carbonyl (C=O) groups excluding carboxylic acids is 1. The van der Waals surface area contributed by atoms with E-state index in [1.807, 2.05) is 6.08 Å². The molecule has 0 aromatic heterocycles. The second-order valence-corrected chi connectivity index (χ2v) is 7.61. The number of amides is 2. The van der Waals surface area contributed by atoms with Gasteiger partial charge in [0.1, 0.15) is 0 Å². The number of likely N-dealkylation sites (tertiary alicyclic amines) is 2. The van der Waals surface area contributed by atoms with Crippen molar-refractivity contribution in [3.05, 3.63) is 12.7 Å². The molecular weight excluding hydrogens is 319 g/mol. The minimum Gasteiger partial charge on any atom is -0.335 e. The molecule has 1 atom stereocenters. The monoisotopic (exact) mass is 347 g/mol. The first kappa shape index (κ1) is 19.1. The maximum absolute atomic E-state index is 13.1. The van der Waals surface area contributed by atoms with E-state index in [0.29, 0.717) is 0 Å². The molecule has 24 heavy (non-hydrogen) atoms. The molecule has 1 N–H and O–H groups in total. The first-order chi connectivity index (χ1) is 11.1. The lowest BCUT2D eigenvalue weighted by Crippen LogP contribution is -2.56. The molecule has 0 aliphatic carbocycles. The van der Waals surface area contributed by atoms with Gasteiger partial charge in [0, 0.05) is 38.8 Å². The highest BCUT2D eigenvalue weighted by Gasteiger charge is 2.51. The zero-order valence-corrected chi connectivity index (χ0v) is 14.5. The average molecular weight is 347 g/mol. The molecule has 0 aromatic rings. The Morgan fingerprint density at radius 2 is 1.88 bits per heavy atom. The number of rotatable bonds is 3. The standard InChI is InChI=1S/C17H28F3N3O/c1-4-8-22-9-5-13(6-10-22)21-15(24)23-11-7-14(17(18,19)20)16(2,3)12-23/h4,13-14H,1,5-12H2,2-3H3,(H,21,24). The lowest BCUT2D eigenvalue weighted by Gasteiger charge is -2.45. The fraction of sp³-hybridized carbons (Fsp3) is 0.824. The average Bonchev–Trinajstić information content (AvgIpc) is 2.47. The van der Waals surface area contributed by atoms with Crippen molar-refractivity contribution in [2.45, 2.75) is 45.3 Å². The molecule has 0 spiro atoms. The van der Waals surface area contributed by atoms with Crippen LogP contribution in [0.4, 0.5) is 18.0 Å². The molecule has 7 heteroatoms. The third kappa shape index (κ3) is 4.65. The Balaban J connectivity index is 1.85. The van der Waals surface area contributed by atoms with E-state index in [-0.39, 0.29) is 31.6 Å². The number of carbonyl (C=O) groups is 1.